The minimum Gasteiger partial charge on any atom is -0.466 e. The van der Waals surface area contributed by atoms with E-state index >= 15 is 0 Å². The molecule has 0 fully saturated rings. The number of benzene rings is 1. The molecular weight excluding hydrogens is 332 g/mol. The van der Waals surface area contributed by atoms with Gasteiger partial charge < -0.3 is 9.47 Å². The van der Waals surface area contributed by atoms with Crippen LogP contribution in [0, 0.1) is 10.1 Å². The Balaban J connectivity index is 2.32. The number of esters is 2. The highest BCUT2D eigenvalue weighted by atomic mass is 16.6. The third-order valence-electron chi connectivity index (χ3n) is 3.45. The van der Waals surface area contributed by atoms with Crippen LogP contribution < -0.4 is 0 Å². The van der Waals surface area contributed by atoms with Crippen LogP contribution in [0.25, 0.3) is 11.0 Å². The third kappa shape index (κ3) is 4.28. The molecule has 0 radical (unpaired) electrons. The lowest BCUT2D eigenvalue weighted by atomic mass is 10.1. The van der Waals surface area contributed by atoms with Crippen LogP contribution in [0.5, 0.6) is 0 Å². The van der Waals surface area contributed by atoms with Gasteiger partial charge in [0.1, 0.15) is 5.52 Å². The van der Waals surface area contributed by atoms with Crippen molar-refractivity contribution in [1.29, 1.82) is 0 Å². The van der Waals surface area contributed by atoms with Crippen LogP contribution in [0.15, 0.2) is 18.2 Å². The highest BCUT2D eigenvalue weighted by Gasteiger charge is 2.26. The maximum Gasteiger partial charge on any atom is 0.331 e. The molecule has 10 heteroatoms. The lowest BCUT2D eigenvalue weighted by Gasteiger charge is -2.16. The smallest absolute Gasteiger partial charge is 0.331 e. The Hall–Kier alpha value is -3.04. The number of ether oxygens (including phenoxy) is 2. The molecule has 2 aromatic rings. The molecule has 0 aliphatic carbocycles. The molecule has 10 nitrogen and oxygen atoms in total. The van der Waals surface area contributed by atoms with Gasteiger partial charge in [-0.3, -0.25) is 14.9 Å². The van der Waals surface area contributed by atoms with E-state index in [9.17, 15) is 19.7 Å². The Bertz CT molecular complexity index is 787. The molecule has 0 N–H and O–H groups in total. The van der Waals surface area contributed by atoms with Crippen molar-refractivity contribution < 1.29 is 24.0 Å². The standard InChI is InChI=1S/C15H18N4O6/c1-3-24-14(20)8-7-13(15(21)25-4-2)18-12-6-5-10(19(22)23)9-11(12)16-17-18/h5-6,9,13H,3-4,7-8H2,1-2H3. The second kappa shape index (κ2) is 8.18. The summed E-state index contributed by atoms with van der Waals surface area (Å²) in [6.45, 7) is 3.79. The van der Waals surface area contributed by atoms with Gasteiger partial charge in [0.05, 0.1) is 23.7 Å². The fourth-order valence-electron chi connectivity index (χ4n) is 2.34. The zero-order valence-electron chi connectivity index (χ0n) is 13.9. The molecule has 0 bridgehead atoms. The van der Waals surface area contributed by atoms with E-state index < -0.39 is 22.9 Å². The van der Waals surface area contributed by atoms with E-state index in [2.05, 4.69) is 10.3 Å². The minimum atomic E-state index is -0.879. The first-order valence-corrected chi connectivity index (χ1v) is 7.79. The van der Waals surface area contributed by atoms with E-state index in [1.807, 2.05) is 0 Å². The summed E-state index contributed by atoms with van der Waals surface area (Å²) in [5.41, 5.74) is 0.589. The van der Waals surface area contributed by atoms with E-state index in [1.54, 1.807) is 13.8 Å². The summed E-state index contributed by atoms with van der Waals surface area (Å²) in [5, 5.41) is 18.6. The van der Waals surface area contributed by atoms with E-state index in [-0.39, 0.29) is 37.3 Å². The number of rotatable bonds is 8. The van der Waals surface area contributed by atoms with Gasteiger partial charge in [0.25, 0.3) is 5.69 Å². The van der Waals surface area contributed by atoms with Crippen LogP contribution in [0.3, 0.4) is 0 Å². The molecule has 134 valence electrons. The molecule has 1 atom stereocenters. The van der Waals surface area contributed by atoms with Crippen molar-refractivity contribution in [3.8, 4) is 0 Å². The summed E-state index contributed by atoms with van der Waals surface area (Å²) < 4.78 is 11.2. The molecule has 1 heterocycles. The van der Waals surface area contributed by atoms with Gasteiger partial charge in [-0.1, -0.05) is 5.21 Å². The largest absolute Gasteiger partial charge is 0.466 e. The van der Waals surface area contributed by atoms with Crippen molar-refractivity contribution in [2.45, 2.75) is 32.7 Å². The topological polar surface area (TPSA) is 126 Å². The Morgan fingerprint density at radius 1 is 1.28 bits per heavy atom. The maximum atomic E-state index is 12.3. The van der Waals surface area contributed by atoms with Crippen molar-refractivity contribution >= 4 is 28.7 Å². The second-order valence-electron chi connectivity index (χ2n) is 5.08. The summed E-state index contributed by atoms with van der Waals surface area (Å²) in [6, 6.07) is 3.16. The van der Waals surface area contributed by atoms with Gasteiger partial charge in [-0.15, -0.1) is 5.10 Å². The summed E-state index contributed by atoms with van der Waals surface area (Å²) in [5.74, 6) is -0.992. The van der Waals surface area contributed by atoms with Crippen molar-refractivity contribution in [2.75, 3.05) is 13.2 Å². The monoisotopic (exact) mass is 350 g/mol. The Morgan fingerprint density at radius 3 is 2.64 bits per heavy atom. The number of carbonyl (C=O) groups is 2. The first kappa shape index (κ1) is 18.3. The number of nitro benzene ring substituents is 1. The number of non-ortho nitro benzene ring substituents is 1. The number of carbonyl (C=O) groups excluding carboxylic acids is 2. The van der Waals surface area contributed by atoms with Gasteiger partial charge >= 0.3 is 11.9 Å². The summed E-state index contributed by atoms with van der Waals surface area (Å²) >= 11 is 0. The fraction of sp³-hybridized carbons (Fsp3) is 0.467. The van der Waals surface area contributed by atoms with Gasteiger partial charge in [0.2, 0.25) is 0 Å². The average molecular weight is 350 g/mol. The third-order valence-corrected chi connectivity index (χ3v) is 3.45. The SMILES string of the molecule is CCOC(=O)CCC(C(=O)OCC)n1nnc2cc([N+](=O)[O-])ccc21. The van der Waals surface area contributed by atoms with Crippen LogP contribution in [-0.4, -0.2) is 45.1 Å². The zero-order valence-corrected chi connectivity index (χ0v) is 13.9. The predicted octanol–water partition coefficient (Wildman–Crippen LogP) is 1.79. The molecule has 1 aromatic carbocycles. The number of hydrogen-bond acceptors (Lipinski definition) is 8. The number of nitrogens with zero attached hydrogens (tertiary/aromatic N) is 4. The molecule has 2 rings (SSSR count). The van der Waals surface area contributed by atoms with E-state index in [0.717, 1.165) is 0 Å². The summed E-state index contributed by atoms with van der Waals surface area (Å²) in [7, 11) is 0. The lowest BCUT2D eigenvalue weighted by Crippen LogP contribution is -2.24. The van der Waals surface area contributed by atoms with Crippen molar-refractivity contribution in [2.24, 2.45) is 0 Å². The molecular formula is C15H18N4O6. The summed E-state index contributed by atoms with van der Waals surface area (Å²) in [6.07, 6.45) is 0.124. The van der Waals surface area contributed by atoms with Gasteiger partial charge in [-0.05, 0) is 26.3 Å². The Morgan fingerprint density at radius 2 is 2.00 bits per heavy atom. The van der Waals surface area contributed by atoms with Crippen molar-refractivity contribution in [3.05, 3.63) is 28.3 Å². The van der Waals surface area contributed by atoms with E-state index in [1.165, 1.54) is 22.9 Å². The lowest BCUT2D eigenvalue weighted by molar-refractivity contribution is -0.384. The molecule has 0 saturated carbocycles. The molecule has 0 aliphatic heterocycles. The highest BCUT2D eigenvalue weighted by Crippen LogP contribution is 2.24. The normalized spacial score (nSPS) is 11.9. The molecule has 25 heavy (non-hydrogen) atoms. The van der Waals surface area contributed by atoms with Crippen LogP contribution in [0.4, 0.5) is 5.69 Å². The highest BCUT2D eigenvalue weighted by molar-refractivity contribution is 5.81. The van der Waals surface area contributed by atoms with Crippen LogP contribution in [-0.2, 0) is 19.1 Å². The van der Waals surface area contributed by atoms with Crippen molar-refractivity contribution in [3.63, 3.8) is 0 Å². The number of nitro groups is 1. The van der Waals surface area contributed by atoms with Crippen LogP contribution in [0.2, 0.25) is 0 Å². The number of hydrogen-bond donors (Lipinski definition) is 0. The maximum absolute atomic E-state index is 12.3. The zero-order chi connectivity index (χ0) is 18.4. The molecule has 1 aromatic heterocycles. The predicted molar refractivity (Wildman–Crippen MR) is 85.7 cm³/mol. The molecule has 0 saturated heterocycles. The molecule has 0 spiro atoms. The van der Waals surface area contributed by atoms with Crippen LogP contribution in [0.1, 0.15) is 32.7 Å². The Labute approximate surface area is 142 Å². The van der Waals surface area contributed by atoms with Gasteiger partial charge in [0.15, 0.2) is 6.04 Å². The number of aromatic nitrogens is 3. The quantitative estimate of drug-likeness (QED) is 0.400. The minimum absolute atomic E-state index is 0.00561. The average Bonchev–Trinajstić information content (AvgIpc) is 2.98. The Kier molecular flexibility index (Phi) is 5.98. The molecule has 0 aliphatic rings. The fourth-order valence-corrected chi connectivity index (χ4v) is 2.34. The molecule has 1 unspecified atom stereocenters. The van der Waals surface area contributed by atoms with Crippen molar-refractivity contribution in [1.82, 2.24) is 15.0 Å². The number of fused-ring (bicyclic) bond motifs is 1. The van der Waals surface area contributed by atoms with E-state index in [4.69, 9.17) is 9.47 Å². The second-order valence-corrected chi connectivity index (χ2v) is 5.08. The van der Waals surface area contributed by atoms with Crippen LogP contribution >= 0.6 is 0 Å². The summed E-state index contributed by atoms with van der Waals surface area (Å²) in [4.78, 5) is 34.1. The van der Waals surface area contributed by atoms with Gasteiger partial charge in [-0.2, -0.15) is 0 Å². The molecule has 0 amide bonds. The van der Waals surface area contributed by atoms with Gasteiger partial charge in [-0.25, -0.2) is 9.48 Å². The van der Waals surface area contributed by atoms with Gasteiger partial charge in [0, 0.05) is 18.6 Å². The first-order chi connectivity index (χ1) is 12.0. The first-order valence-electron chi connectivity index (χ1n) is 7.79. The van der Waals surface area contributed by atoms with E-state index in [0.29, 0.717) is 5.52 Å².